The van der Waals surface area contributed by atoms with Crippen molar-refractivity contribution < 1.29 is 14.7 Å². The highest BCUT2D eigenvalue weighted by atomic mass is 16.3. The molecule has 5 nitrogen and oxygen atoms in total. The highest BCUT2D eigenvalue weighted by Gasteiger charge is 2.27. The van der Waals surface area contributed by atoms with Gasteiger partial charge in [0, 0.05) is 13.2 Å². The number of urea groups is 1. The number of aliphatic hydroxyl groups is 1. The predicted octanol–water partition coefficient (Wildman–Crippen LogP) is -0.689. The second kappa shape index (κ2) is 4.06. The molecular formula is C7H12N2O3. The molecule has 2 N–H and O–H groups in total. The maximum absolute atomic E-state index is 11.0. The minimum absolute atomic E-state index is 0.101. The molecule has 1 saturated heterocycles. The van der Waals surface area contributed by atoms with Crippen molar-refractivity contribution in [1.29, 1.82) is 0 Å². The number of amides is 3. The maximum atomic E-state index is 11.0. The summed E-state index contributed by atoms with van der Waals surface area (Å²) in [6.07, 6.45) is 1.28. The number of hydrogen-bond donors (Lipinski definition) is 2. The van der Waals surface area contributed by atoms with Crippen LogP contribution in [0.4, 0.5) is 4.79 Å². The van der Waals surface area contributed by atoms with Gasteiger partial charge in [0.25, 0.3) is 0 Å². The lowest BCUT2D eigenvalue weighted by Gasteiger charge is -2.10. The van der Waals surface area contributed by atoms with Crippen molar-refractivity contribution in [3.63, 3.8) is 0 Å². The van der Waals surface area contributed by atoms with Crippen LogP contribution in [0.1, 0.15) is 12.8 Å². The molecule has 12 heavy (non-hydrogen) atoms. The van der Waals surface area contributed by atoms with Gasteiger partial charge < -0.3 is 10.4 Å². The fourth-order valence-electron chi connectivity index (χ4n) is 1.06. The Morgan fingerprint density at radius 3 is 2.67 bits per heavy atom. The summed E-state index contributed by atoms with van der Waals surface area (Å²) in [5.74, 6) is -0.182. The molecule has 0 aromatic carbocycles. The quantitative estimate of drug-likeness (QED) is 0.435. The van der Waals surface area contributed by atoms with Gasteiger partial charge in [-0.2, -0.15) is 0 Å². The van der Waals surface area contributed by atoms with Crippen LogP contribution in [0.5, 0.6) is 0 Å². The Labute approximate surface area is 70.4 Å². The summed E-state index contributed by atoms with van der Waals surface area (Å²) < 4.78 is 0. The van der Waals surface area contributed by atoms with Crippen LogP contribution in [0.2, 0.25) is 0 Å². The van der Waals surface area contributed by atoms with Crippen LogP contribution in [-0.4, -0.2) is 41.6 Å². The molecule has 0 unspecified atom stereocenters. The standard InChI is InChI=1S/C7H12N2O3/c10-4-2-1-3-9-6(11)5-8-7(9)12/h10H,1-5H2,(H,8,12). The van der Waals surface area contributed by atoms with Crippen LogP contribution in [0.25, 0.3) is 0 Å². The Morgan fingerprint density at radius 1 is 1.42 bits per heavy atom. The van der Waals surface area contributed by atoms with Gasteiger partial charge in [-0.3, -0.25) is 9.69 Å². The summed E-state index contributed by atoms with van der Waals surface area (Å²) in [4.78, 5) is 23.0. The van der Waals surface area contributed by atoms with Crippen LogP contribution in [0.3, 0.4) is 0 Å². The van der Waals surface area contributed by atoms with Gasteiger partial charge in [0.1, 0.15) is 0 Å². The van der Waals surface area contributed by atoms with E-state index in [2.05, 4.69) is 5.32 Å². The molecule has 0 atom stereocenters. The summed E-state index contributed by atoms with van der Waals surface area (Å²) in [6.45, 7) is 0.618. The van der Waals surface area contributed by atoms with Crippen molar-refractivity contribution in [2.75, 3.05) is 19.7 Å². The molecule has 0 bridgehead atoms. The molecule has 5 heteroatoms. The van der Waals surface area contributed by atoms with E-state index in [1.165, 1.54) is 4.90 Å². The fraction of sp³-hybridized carbons (Fsp3) is 0.714. The first-order chi connectivity index (χ1) is 5.75. The highest BCUT2D eigenvalue weighted by Crippen LogP contribution is 2.01. The van der Waals surface area contributed by atoms with E-state index >= 15 is 0 Å². The second-order valence-corrected chi connectivity index (χ2v) is 2.63. The summed E-state index contributed by atoms with van der Waals surface area (Å²) in [5, 5.41) is 10.9. The first-order valence-electron chi connectivity index (χ1n) is 3.95. The van der Waals surface area contributed by atoms with E-state index in [1.54, 1.807) is 0 Å². The molecule has 0 aromatic heterocycles. The number of rotatable bonds is 4. The molecule has 0 spiro atoms. The molecule has 1 heterocycles. The third-order valence-electron chi connectivity index (χ3n) is 1.73. The van der Waals surface area contributed by atoms with E-state index in [-0.39, 0.29) is 25.1 Å². The number of imide groups is 1. The summed E-state index contributed by atoms with van der Waals surface area (Å²) in [6, 6.07) is -0.321. The van der Waals surface area contributed by atoms with Crippen LogP contribution < -0.4 is 5.32 Å². The Kier molecular flexibility index (Phi) is 3.04. The highest BCUT2D eigenvalue weighted by molar-refractivity contribution is 6.01. The fourth-order valence-corrected chi connectivity index (χ4v) is 1.06. The van der Waals surface area contributed by atoms with Crippen LogP contribution in [0.15, 0.2) is 0 Å². The van der Waals surface area contributed by atoms with E-state index in [1.807, 2.05) is 0 Å². The van der Waals surface area contributed by atoms with Crippen molar-refractivity contribution in [1.82, 2.24) is 10.2 Å². The number of unbranched alkanes of at least 4 members (excludes halogenated alkanes) is 1. The van der Waals surface area contributed by atoms with Gasteiger partial charge in [0.2, 0.25) is 5.91 Å². The maximum Gasteiger partial charge on any atom is 0.324 e. The molecule has 68 valence electrons. The molecular weight excluding hydrogens is 160 g/mol. The van der Waals surface area contributed by atoms with Crippen molar-refractivity contribution >= 4 is 11.9 Å². The third kappa shape index (κ3) is 1.94. The lowest BCUT2D eigenvalue weighted by molar-refractivity contribution is -0.125. The topological polar surface area (TPSA) is 69.6 Å². The molecule has 0 aliphatic carbocycles. The molecule has 1 rings (SSSR count). The van der Waals surface area contributed by atoms with Gasteiger partial charge in [-0.15, -0.1) is 0 Å². The SMILES string of the molecule is O=C1CNC(=O)N1CCCCO. The minimum atomic E-state index is -0.321. The molecule has 0 aromatic rings. The number of aliphatic hydroxyl groups excluding tert-OH is 1. The van der Waals surface area contributed by atoms with E-state index in [0.717, 1.165) is 0 Å². The van der Waals surface area contributed by atoms with Gasteiger partial charge in [-0.1, -0.05) is 0 Å². The third-order valence-corrected chi connectivity index (χ3v) is 1.73. The average Bonchev–Trinajstić information content (AvgIpc) is 2.35. The monoisotopic (exact) mass is 172 g/mol. The normalized spacial score (nSPS) is 16.9. The van der Waals surface area contributed by atoms with Gasteiger partial charge in [-0.05, 0) is 12.8 Å². The molecule has 1 fully saturated rings. The zero-order valence-electron chi connectivity index (χ0n) is 6.75. The summed E-state index contributed by atoms with van der Waals surface area (Å²) in [5.41, 5.74) is 0. The smallest absolute Gasteiger partial charge is 0.324 e. The van der Waals surface area contributed by atoms with Crippen molar-refractivity contribution in [3.05, 3.63) is 0 Å². The molecule has 1 aliphatic rings. The number of carbonyl (C=O) groups excluding carboxylic acids is 2. The second-order valence-electron chi connectivity index (χ2n) is 2.63. The van der Waals surface area contributed by atoms with E-state index in [4.69, 9.17) is 5.11 Å². The molecule has 1 aliphatic heterocycles. The van der Waals surface area contributed by atoms with Gasteiger partial charge in [0.05, 0.1) is 6.54 Å². The minimum Gasteiger partial charge on any atom is -0.396 e. The van der Waals surface area contributed by atoms with Crippen molar-refractivity contribution in [2.24, 2.45) is 0 Å². The van der Waals surface area contributed by atoms with E-state index in [9.17, 15) is 9.59 Å². The summed E-state index contributed by atoms with van der Waals surface area (Å²) in [7, 11) is 0. The number of nitrogens with one attached hydrogen (secondary N) is 1. The van der Waals surface area contributed by atoms with Gasteiger partial charge in [0.15, 0.2) is 0 Å². The molecule has 0 radical (unpaired) electrons. The lowest BCUT2D eigenvalue weighted by Crippen LogP contribution is -2.31. The Balaban J connectivity index is 2.30. The Hall–Kier alpha value is -1.10. The largest absolute Gasteiger partial charge is 0.396 e. The van der Waals surface area contributed by atoms with Gasteiger partial charge >= 0.3 is 6.03 Å². The van der Waals surface area contributed by atoms with E-state index < -0.39 is 0 Å². The van der Waals surface area contributed by atoms with Crippen molar-refractivity contribution in [3.8, 4) is 0 Å². The van der Waals surface area contributed by atoms with Crippen LogP contribution in [0, 0.1) is 0 Å². The average molecular weight is 172 g/mol. The van der Waals surface area contributed by atoms with Crippen molar-refractivity contribution in [2.45, 2.75) is 12.8 Å². The summed E-state index contributed by atoms with van der Waals surface area (Å²) >= 11 is 0. The first-order valence-corrected chi connectivity index (χ1v) is 3.95. The molecule has 0 saturated carbocycles. The first kappa shape index (κ1) is 8.99. The van der Waals surface area contributed by atoms with Crippen LogP contribution >= 0.6 is 0 Å². The lowest BCUT2D eigenvalue weighted by atomic mass is 10.3. The predicted molar refractivity (Wildman–Crippen MR) is 41.4 cm³/mol. The number of nitrogens with zero attached hydrogens (tertiary/aromatic N) is 1. The zero-order chi connectivity index (χ0) is 8.97. The number of carbonyl (C=O) groups is 2. The number of hydrogen-bond acceptors (Lipinski definition) is 3. The van der Waals surface area contributed by atoms with Gasteiger partial charge in [-0.25, -0.2) is 4.79 Å². The van der Waals surface area contributed by atoms with Crippen LogP contribution in [-0.2, 0) is 4.79 Å². The van der Waals surface area contributed by atoms with E-state index in [0.29, 0.717) is 19.4 Å². The Bertz CT molecular complexity index is 177. The Morgan fingerprint density at radius 2 is 2.17 bits per heavy atom. The zero-order valence-corrected chi connectivity index (χ0v) is 6.75. The molecule has 3 amide bonds.